The van der Waals surface area contributed by atoms with Crippen molar-refractivity contribution in [2.45, 2.75) is 12.2 Å². The van der Waals surface area contributed by atoms with Crippen molar-refractivity contribution in [3.8, 4) is 5.75 Å². The van der Waals surface area contributed by atoms with Gasteiger partial charge in [-0.15, -0.1) is 0 Å². The molecule has 0 aromatic heterocycles. The maximum atomic E-state index is 12.2. The molecule has 3 rings (SSSR count). The van der Waals surface area contributed by atoms with Gasteiger partial charge in [0.05, 0.1) is 0 Å². The largest absolute Gasteiger partial charge is 0.479 e. The maximum absolute atomic E-state index is 12.2. The van der Waals surface area contributed by atoms with Crippen molar-refractivity contribution in [2.24, 2.45) is 0 Å². The molecule has 3 nitrogen and oxygen atoms in total. The molecule has 0 saturated carbocycles. The minimum atomic E-state index is -0.994. The second-order valence-corrected chi connectivity index (χ2v) is 5.25. The van der Waals surface area contributed by atoms with Crippen LogP contribution < -0.4 is 4.74 Å². The van der Waals surface area contributed by atoms with Crippen LogP contribution in [-0.2, 0) is 4.79 Å². The van der Waals surface area contributed by atoms with Crippen LogP contribution >= 0.6 is 11.6 Å². The number of aliphatic hydroxyl groups excluding tert-OH is 1. The lowest BCUT2D eigenvalue weighted by atomic mass is 10.0. The molecule has 1 aliphatic rings. The number of carbonyl (C=O) groups is 1. The van der Waals surface area contributed by atoms with Crippen molar-refractivity contribution >= 4 is 23.5 Å². The summed E-state index contributed by atoms with van der Waals surface area (Å²) < 4.78 is 5.51. The molecular weight excluding hydrogens is 288 g/mol. The van der Waals surface area contributed by atoms with Gasteiger partial charge < -0.3 is 9.84 Å². The normalized spacial score (nSPS) is 20.3. The second kappa shape index (κ2) is 5.72. The zero-order valence-electron chi connectivity index (χ0n) is 11.1. The van der Waals surface area contributed by atoms with E-state index in [2.05, 4.69) is 0 Å². The van der Waals surface area contributed by atoms with E-state index in [1.807, 2.05) is 30.3 Å². The summed E-state index contributed by atoms with van der Waals surface area (Å²) in [5.41, 5.74) is 1.47. The molecule has 2 aromatic carbocycles. The van der Waals surface area contributed by atoms with E-state index in [0.717, 1.165) is 5.56 Å². The number of ketones is 1. The Morgan fingerprint density at radius 1 is 1.19 bits per heavy atom. The third-order valence-corrected chi connectivity index (χ3v) is 3.59. The van der Waals surface area contributed by atoms with Crippen molar-refractivity contribution in [1.82, 2.24) is 0 Å². The van der Waals surface area contributed by atoms with Gasteiger partial charge >= 0.3 is 0 Å². The molecule has 0 amide bonds. The fraction of sp³-hybridized carbons (Fsp3) is 0.118. The average molecular weight is 301 g/mol. The van der Waals surface area contributed by atoms with Crippen molar-refractivity contribution in [3.63, 3.8) is 0 Å². The van der Waals surface area contributed by atoms with Crippen LogP contribution in [-0.4, -0.2) is 17.0 Å². The molecule has 2 aromatic rings. The topological polar surface area (TPSA) is 46.5 Å². The summed E-state index contributed by atoms with van der Waals surface area (Å²) in [6.07, 6.45) is 1.22. The molecule has 0 bridgehead atoms. The van der Waals surface area contributed by atoms with Gasteiger partial charge in [-0.1, -0.05) is 48.0 Å². The molecule has 0 fully saturated rings. The van der Waals surface area contributed by atoms with Gasteiger partial charge in [-0.25, -0.2) is 0 Å². The quantitative estimate of drug-likeness (QED) is 0.884. The van der Waals surface area contributed by atoms with E-state index < -0.39 is 12.2 Å². The zero-order chi connectivity index (χ0) is 14.8. The van der Waals surface area contributed by atoms with Crippen LogP contribution in [0.25, 0.3) is 6.08 Å². The van der Waals surface area contributed by atoms with Crippen LogP contribution in [0.2, 0.25) is 5.02 Å². The molecule has 0 spiro atoms. The SMILES string of the molecule is O=C(/C=C/c1ccccc1)C1Oc2ccc(Cl)cc2C1O. The Balaban J connectivity index is 1.77. The molecule has 106 valence electrons. The van der Waals surface area contributed by atoms with Gasteiger partial charge in [0.25, 0.3) is 0 Å². The number of aliphatic hydroxyl groups is 1. The molecule has 4 heteroatoms. The van der Waals surface area contributed by atoms with Crippen LogP contribution in [0, 0.1) is 0 Å². The lowest BCUT2D eigenvalue weighted by molar-refractivity contribution is -0.124. The smallest absolute Gasteiger partial charge is 0.199 e. The van der Waals surface area contributed by atoms with E-state index in [9.17, 15) is 9.90 Å². The van der Waals surface area contributed by atoms with Gasteiger partial charge in [-0.2, -0.15) is 0 Å². The lowest BCUT2D eigenvalue weighted by Crippen LogP contribution is -2.27. The first-order valence-corrected chi connectivity index (χ1v) is 6.94. The number of fused-ring (bicyclic) bond motifs is 1. The predicted octanol–water partition coefficient (Wildman–Crippen LogP) is 3.42. The fourth-order valence-corrected chi connectivity index (χ4v) is 2.45. The van der Waals surface area contributed by atoms with Gasteiger partial charge in [0.2, 0.25) is 0 Å². The number of hydrogen-bond donors (Lipinski definition) is 1. The molecule has 0 aliphatic carbocycles. The third kappa shape index (κ3) is 2.84. The number of ether oxygens (including phenoxy) is 1. The number of carbonyl (C=O) groups excluding carboxylic acids is 1. The minimum Gasteiger partial charge on any atom is -0.479 e. The first kappa shape index (κ1) is 13.9. The van der Waals surface area contributed by atoms with Gasteiger partial charge in [0, 0.05) is 10.6 Å². The van der Waals surface area contributed by atoms with E-state index in [4.69, 9.17) is 16.3 Å². The van der Waals surface area contributed by atoms with Crippen LogP contribution in [0.1, 0.15) is 17.2 Å². The monoisotopic (exact) mass is 300 g/mol. The molecule has 1 N–H and O–H groups in total. The molecule has 0 radical (unpaired) electrons. The Kier molecular flexibility index (Phi) is 3.78. The maximum Gasteiger partial charge on any atom is 0.199 e. The van der Waals surface area contributed by atoms with E-state index >= 15 is 0 Å². The fourth-order valence-electron chi connectivity index (χ4n) is 2.27. The first-order valence-electron chi connectivity index (χ1n) is 6.56. The highest BCUT2D eigenvalue weighted by atomic mass is 35.5. The Morgan fingerprint density at radius 2 is 1.95 bits per heavy atom. The Bertz CT molecular complexity index is 694. The number of rotatable bonds is 3. The minimum absolute atomic E-state index is 0.279. The number of halogens is 1. The number of hydrogen-bond acceptors (Lipinski definition) is 3. The average Bonchev–Trinajstić information content (AvgIpc) is 2.83. The summed E-state index contributed by atoms with van der Waals surface area (Å²) in [6.45, 7) is 0. The lowest BCUT2D eigenvalue weighted by Gasteiger charge is -2.10. The highest BCUT2D eigenvalue weighted by Crippen LogP contribution is 2.38. The van der Waals surface area contributed by atoms with Gasteiger partial charge in [0.15, 0.2) is 11.9 Å². The van der Waals surface area contributed by atoms with E-state index in [1.54, 1.807) is 24.3 Å². The highest BCUT2D eigenvalue weighted by Gasteiger charge is 2.36. The summed E-state index contributed by atoms with van der Waals surface area (Å²) in [4.78, 5) is 12.2. The molecular formula is C17H13ClO3. The van der Waals surface area contributed by atoms with Crippen molar-refractivity contribution < 1.29 is 14.6 Å². The first-order chi connectivity index (χ1) is 10.1. The van der Waals surface area contributed by atoms with E-state index in [1.165, 1.54) is 6.08 Å². The molecule has 21 heavy (non-hydrogen) atoms. The van der Waals surface area contributed by atoms with Crippen molar-refractivity contribution in [2.75, 3.05) is 0 Å². The summed E-state index contributed by atoms with van der Waals surface area (Å²) in [6, 6.07) is 14.4. The van der Waals surface area contributed by atoms with Gasteiger partial charge in [-0.05, 0) is 29.8 Å². The Morgan fingerprint density at radius 3 is 2.71 bits per heavy atom. The highest BCUT2D eigenvalue weighted by molar-refractivity contribution is 6.30. The molecule has 2 unspecified atom stereocenters. The number of benzene rings is 2. The van der Waals surface area contributed by atoms with E-state index in [-0.39, 0.29) is 5.78 Å². The molecule has 1 heterocycles. The van der Waals surface area contributed by atoms with Crippen molar-refractivity contribution in [1.29, 1.82) is 0 Å². The molecule has 2 atom stereocenters. The van der Waals surface area contributed by atoms with Gasteiger partial charge in [-0.3, -0.25) is 4.79 Å². The van der Waals surface area contributed by atoms with Crippen molar-refractivity contribution in [3.05, 3.63) is 70.8 Å². The summed E-state index contributed by atoms with van der Waals surface area (Å²) in [5.74, 6) is 0.219. The van der Waals surface area contributed by atoms with Crippen LogP contribution in [0.15, 0.2) is 54.6 Å². The Labute approximate surface area is 127 Å². The van der Waals surface area contributed by atoms with Crippen LogP contribution in [0.3, 0.4) is 0 Å². The summed E-state index contributed by atoms with van der Waals surface area (Å²) >= 11 is 5.89. The van der Waals surface area contributed by atoms with E-state index in [0.29, 0.717) is 16.3 Å². The predicted molar refractivity (Wildman–Crippen MR) is 81.3 cm³/mol. The van der Waals surface area contributed by atoms with Crippen LogP contribution in [0.4, 0.5) is 0 Å². The third-order valence-electron chi connectivity index (χ3n) is 3.35. The summed E-state index contributed by atoms with van der Waals surface area (Å²) in [5, 5.41) is 10.7. The molecule has 1 aliphatic heterocycles. The van der Waals surface area contributed by atoms with Crippen LogP contribution in [0.5, 0.6) is 5.75 Å². The second-order valence-electron chi connectivity index (χ2n) is 4.81. The summed E-state index contributed by atoms with van der Waals surface area (Å²) in [7, 11) is 0. The zero-order valence-corrected chi connectivity index (χ0v) is 11.8. The standard InChI is InChI=1S/C17H13ClO3/c18-12-7-9-15-13(10-12)16(20)17(21-15)14(19)8-6-11-4-2-1-3-5-11/h1-10,16-17,20H/b8-6+. The Hall–Kier alpha value is -2.10. The molecule has 0 saturated heterocycles. The van der Waals surface area contributed by atoms with Gasteiger partial charge in [0.1, 0.15) is 11.9 Å².